The van der Waals surface area contributed by atoms with E-state index in [1.807, 2.05) is 6.08 Å². The number of carbonyl (C=O) groups excluding carboxylic acids is 1. The molecule has 0 fully saturated rings. The number of hydrogen-bond acceptors (Lipinski definition) is 2. The molecule has 0 atom stereocenters. The van der Waals surface area contributed by atoms with Crippen molar-refractivity contribution in [1.29, 1.82) is 0 Å². The van der Waals surface area contributed by atoms with Crippen LogP contribution in [0.1, 0.15) is 32.1 Å². The number of rotatable bonds is 10. The molecule has 0 aliphatic heterocycles. The Morgan fingerprint density at radius 1 is 1.20 bits per heavy atom. The van der Waals surface area contributed by atoms with Gasteiger partial charge in [-0.3, -0.25) is 4.79 Å². The molecule has 0 heterocycles. The second-order valence-electron chi connectivity index (χ2n) is 3.29. The molecule has 0 aliphatic carbocycles. The second kappa shape index (κ2) is 11.0. The molecule has 0 aliphatic rings. The van der Waals surface area contributed by atoms with Crippen molar-refractivity contribution in [1.82, 2.24) is 5.32 Å². The predicted molar refractivity (Wildman–Crippen MR) is 62.4 cm³/mol. The van der Waals surface area contributed by atoms with Gasteiger partial charge in [-0.15, -0.1) is 6.58 Å². The van der Waals surface area contributed by atoms with E-state index in [4.69, 9.17) is 4.74 Å². The van der Waals surface area contributed by atoms with Crippen LogP contribution in [-0.2, 0) is 9.53 Å². The van der Waals surface area contributed by atoms with Crippen molar-refractivity contribution in [3.8, 4) is 0 Å². The first-order valence-corrected chi connectivity index (χ1v) is 5.40. The summed E-state index contributed by atoms with van der Waals surface area (Å²) in [6, 6.07) is 0. The second-order valence-corrected chi connectivity index (χ2v) is 3.29. The molecular formula is C12H21NO2. The smallest absolute Gasteiger partial charge is 0.245 e. The van der Waals surface area contributed by atoms with Crippen molar-refractivity contribution in [3.63, 3.8) is 0 Å². The zero-order chi connectivity index (χ0) is 11.4. The first kappa shape index (κ1) is 13.9. The normalized spacial score (nSPS) is 9.60. The third-order valence-corrected chi connectivity index (χ3v) is 1.98. The van der Waals surface area contributed by atoms with Gasteiger partial charge in [-0.2, -0.15) is 0 Å². The van der Waals surface area contributed by atoms with Crippen molar-refractivity contribution in [2.24, 2.45) is 0 Å². The van der Waals surface area contributed by atoms with E-state index >= 15 is 0 Å². The fraction of sp³-hybridized carbons (Fsp3) is 0.583. The lowest BCUT2D eigenvalue weighted by Gasteiger charge is -2.04. The number of unbranched alkanes of at least 4 members (excludes halogenated alkanes) is 4. The van der Waals surface area contributed by atoms with Gasteiger partial charge in [-0.05, 0) is 25.3 Å². The molecule has 1 N–H and O–H groups in total. The van der Waals surface area contributed by atoms with Gasteiger partial charge < -0.3 is 10.1 Å². The van der Waals surface area contributed by atoms with E-state index < -0.39 is 0 Å². The topological polar surface area (TPSA) is 38.3 Å². The van der Waals surface area contributed by atoms with E-state index in [0.717, 1.165) is 12.8 Å². The van der Waals surface area contributed by atoms with Gasteiger partial charge in [0.25, 0.3) is 0 Å². The molecule has 0 aromatic carbocycles. The van der Waals surface area contributed by atoms with E-state index in [1.54, 1.807) is 0 Å². The van der Waals surface area contributed by atoms with E-state index in [0.29, 0.717) is 6.61 Å². The van der Waals surface area contributed by atoms with Gasteiger partial charge in [0.1, 0.15) is 6.73 Å². The summed E-state index contributed by atoms with van der Waals surface area (Å²) in [5.74, 6) is -0.194. The zero-order valence-electron chi connectivity index (χ0n) is 9.34. The maximum absolute atomic E-state index is 10.7. The fourth-order valence-corrected chi connectivity index (χ4v) is 1.11. The molecule has 0 rings (SSSR count). The summed E-state index contributed by atoms with van der Waals surface area (Å²) in [5, 5.41) is 2.55. The molecule has 86 valence electrons. The third-order valence-electron chi connectivity index (χ3n) is 1.98. The maximum Gasteiger partial charge on any atom is 0.245 e. The molecule has 0 spiro atoms. The van der Waals surface area contributed by atoms with Crippen LogP contribution in [-0.4, -0.2) is 19.2 Å². The van der Waals surface area contributed by atoms with Crippen LogP contribution in [0.4, 0.5) is 0 Å². The first-order valence-electron chi connectivity index (χ1n) is 5.40. The molecule has 0 aromatic heterocycles. The Balaban J connectivity index is 3.01. The summed E-state index contributed by atoms with van der Waals surface area (Å²) in [7, 11) is 0. The summed E-state index contributed by atoms with van der Waals surface area (Å²) < 4.78 is 5.21. The van der Waals surface area contributed by atoms with E-state index in [9.17, 15) is 4.79 Å². The Morgan fingerprint density at radius 2 is 1.93 bits per heavy atom. The molecule has 3 nitrogen and oxygen atoms in total. The van der Waals surface area contributed by atoms with Gasteiger partial charge in [-0.25, -0.2) is 0 Å². The summed E-state index contributed by atoms with van der Waals surface area (Å²) in [6.45, 7) is 7.99. The highest BCUT2D eigenvalue weighted by Gasteiger charge is 1.92. The van der Waals surface area contributed by atoms with Crippen LogP contribution in [0.15, 0.2) is 25.3 Å². The lowest BCUT2D eigenvalue weighted by atomic mass is 10.1. The van der Waals surface area contributed by atoms with Crippen LogP contribution in [0.2, 0.25) is 0 Å². The highest BCUT2D eigenvalue weighted by Crippen LogP contribution is 2.02. The Kier molecular flexibility index (Phi) is 10.2. The minimum atomic E-state index is -0.194. The molecule has 0 saturated heterocycles. The van der Waals surface area contributed by atoms with Gasteiger partial charge in [0.2, 0.25) is 5.91 Å². The number of ether oxygens (including phenoxy) is 1. The van der Waals surface area contributed by atoms with Crippen LogP contribution in [0.3, 0.4) is 0 Å². The monoisotopic (exact) mass is 211 g/mol. The standard InChI is InChI=1S/C12H21NO2/c1-3-5-6-7-8-9-10-15-11-13-12(14)4-2/h3-4H,1-2,5-11H2,(H,13,14). The van der Waals surface area contributed by atoms with Crippen LogP contribution < -0.4 is 5.32 Å². The van der Waals surface area contributed by atoms with E-state index in [1.165, 1.54) is 25.3 Å². The number of carbonyl (C=O) groups is 1. The highest BCUT2D eigenvalue weighted by molar-refractivity contribution is 5.86. The van der Waals surface area contributed by atoms with Crippen LogP contribution in [0.25, 0.3) is 0 Å². The van der Waals surface area contributed by atoms with Crippen molar-refractivity contribution in [2.75, 3.05) is 13.3 Å². The third kappa shape index (κ3) is 10.8. The quantitative estimate of drug-likeness (QED) is 0.261. The van der Waals surface area contributed by atoms with Crippen LogP contribution in [0.5, 0.6) is 0 Å². The van der Waals surface area contributed by atoms with Gasteiger partial charge in [0.15, 0.2) is 0 Å². The van der Waals surface area contributed by atoms with Gasteiger partial charge in [0.05, 0.1) is 0 Å². The van der Waals surface area contributed by atoms with Gasteiger partial charge in [0, 0.05) is 6.61 Å². The molecule has 0 saturated carbocycles. The minimum Gasteiger partial charge on any atom is -0.361 e. The Hall–Kier alpha value is -1.09. The number of allylic oxidation sites excluding steroid dienone is 1. The van der Waals surface area contributed by atoms with Crippen molar-refractivity contribution >= 4 is 5.91 Å². The molecule has 3 heteroatoms. The molecular weight excluding hydrogens is 190 g/mol. The average Bonchev–Trinajstić information content (AvgIpc) is 2.26. The van der Waals surface area contributed by atoms with Gasteiger partial charge in [-0.1, -0.05) is 25.5 Å². The summed E-state index contributed by atoms with van der Waals surface area (Å²) in [4.78, 5) is 10.7. The molecule has 0 radical (unpaired) electrons. The number of amides is 1. The molecule has 15 heavy (non-hydrogen) atoms. The molecule has 1 amide bonds. The van der Waals surface area contributed by atoms with Crippen LogP contribution >= 0.6 is 0 Å². The Morgan fingerprint density at radius 3 is 2.60 bits per heavy atom. The first-order chi connectivity index (χ1) is 7.31. The lowest BCUT2D eigenvalue weighted by molar-refractivity contribution is -0.118. The average molecular weight is 211 g/mol. The summed E-state index contributed by atoms with van der Waals surface area (Å²) >= 11 is 0. The largest absolute Gasteiger partial charge is 0.361 e. The summed E-state index contributed by atoms with van der Waals surface area (Å²) in [5.41, 5.74) is 0. The van der Waals surface area contributed by atoms with E-state index in [2.05, 4.69) is 18.5 Å². The zero-order valence-corrected chi connectivity index (χ0v) is 9.34. The molecule has 0 aromatic rings. The van der Waals surface area contributed by atoms with Crippen molar-refractivity contribution in [3.05, 3.63) is 25.3 Å². The van der Waals surface area contributed by atoms with Crippen molar-refractivity contribution in [2.45, 2.75) is 32.1 Å². The van der Waals surface area contributed by atoms with Gasteiger partial charge >= 0.3 is 0 Å². The predicted octanol–water partition coefficient (Wildman–Crippen LogP) is 2.40. The molecule has 0 unspecified atom stereocenters. The maximum atomic E-state index is 10.7. The Bertz CT molecular complexity index is 190. The highest BCUT2D eigenvalue weighted by atomic mass is 16.5. The lowest BCUT2D eigenvalue weighted by Crippen LogP contribution is -2.24. The van der Waals surface area contributed by atoms with Crippen LogP contribution in [0, 0.1) is 0 Å². The van der Waals surface area contributed by atoms with Crippen molar-refractivity contribution < 1.29 is 9.53 Å². The number of hydrogen-bond donors (Lipinski definition) is 1. The fourth-order valence-electron chi connectivity index (χ4n) is 1.11. The molecule has 0 bridgehead atoms. The Labute approximate surface area is 92.2 Å². The SMILES string of the molecule is C=CCCCCCCOCNC(=O)C=C. The van der Waals surface area contributed by atoms with E-state index in [-0.39, 0.29) is 12.6 Å². The number of nitrogens with one attached hydrogen (secondary N) is 1. The minimum absolute atomic E-state index is 0.194. The summed E-state index contributed by atoms with van der Waals surface area (Å²) in [6.07, 6.45) is 8.91.